The highest BCUT2D eigenvalue weighted by molar-refractivity contribution is 5.85. The molecular weight excluding hydrogens is 327 g/mol. The van der Waals surface area contributed by atoms with Gasteiger partial charge in [-0.05, 0) is 34.1 Å². The molecule has 1 aliphatic heterocycles. The molecule has 0 unspecified atom stereocenters. The molecule has 0 spiro atoms. The SMILES string of the molecule is C[C@@H](NC(=O)OC(C)(C)C)C(=O)N1CCCN(CC(F)(F)F)CC1. The number of nitrogens with one attached hydrogen (secondary N) is 1. The average molecular weight is 353 g/mol. The lowest BCUT2D eigenvalue weighted by Crippen LogP contribution is -2.49. The largest absolute Gasteiger partial charge is 0.444 e. The molecule has 1 rings (SSSR count). The third kappa shape index (κ3) is 7.85. The second-order valence-corrected chi connectivity index (χ2v) is 6.94. The fourth-order valence-corrected chi connectivity index (χ4v) is 2.42. The zero-order valence-electron chi connectivity index (χ0n) is 14.6. The van der Waals surface area contributed by atoms with Crippen LogP contribution in [-0.4, -0.2) is 72.3 Å². The van der Waals surface area contributed by atoms with Crippen LogP contribution in [-0.2, 0) is 9.53 Å². The summed E-state index contributed by atoms with van der Waals surface area (Å²) in [6, 6.07) is -0.797. The topological polar surface area (TPSA) is 61.9 Å². The van der Waals surface area contributed by atoms with Gasteiger partial charge in [0.25, 0.3) is 0 Å². The Bertz CT molecular complexity index is 449. The summed E-state index contributed by atoms with van der Waals surface area (Å²) in [6.45, 7) is 6.71. The fraction of sp³-hybridized carbons (Fsp3) is 0.867. The van der Waals surface area contributed by atoms with Crippen molar-refractivity contribution < 1.29 is 27.5 Å². The number of hydrogen-bond donors (Lipinski definition) is 1. The van der Waals surface area contributed by atoms with Crippen LogP contribution in [0, 0.1) is 0 Å². The maximum absolute atomic E-state index is 12.5. The Morgan fingerprint density at radius 2 is 1.75 bits per heavy atom. The molecule has 1 aliphatic rings. The molecule has 0 radical (unpaired) electrons. The second-order valence-electron chi connectivity index (χ2n) is 6.94. The molecular formula is C15H26F3N3O3. The van der Waals surface area contributed by atoms with E-state index in [1.54, 1.807) is 20.8 Å². The van der Waals surface area contributed by atoms with E-state index in [2.05, 4.69) is 5.32 Å². The predicted octanol–water partition coefficient (Wildman–Crippen LogP) is 2.00. The number of alkyl carbamates (subject to hydrolysis) is 1. The minimum atomic E-state index is -4.25. The van der Waals surface area contributed by atoms with E-state index in [9.17, 15) is 22.8 Å². The summed E-state index contributed by atoms with van der Waals surface area (Å²) in [7, 11) is 0. The number of amides is 2. The number of carbonyl (C=O) groups is 2. The van der Waals surface area contributed by atoms with Crippen molar-refractivity contribution >= 4 is 12.0 Å². The van der Waals surface area contributed by atoms with Gasteiger partial charge in [-0.15, -0.1) is 0 Å². The van der Waals surface area contributed by atoms with Crippen molar-refractivity contribution in [2.45, 2.75) is 51.9 Å². The fourth-order valence-electron chi connectivity index (χ4n) is 2.42. The lowest BCUT2D eigenvalue weighted by Gasteiger charge is -2.26. The normalized spacial score (nSPS) is 18.7. The van der Waals surface area contributed by atoms with Gasteiger partial charge in [0.1, 0.15) is 11.6 Å². The Labute approximate surface area is 140 Å². The summed E-state index contributed by atoms with van der Waals surface area (Å²) in [6.07, 6.45) is -4.48. The minimum Gasteiger partial charge on any atom is -0.444 e. The van der Waals surface area contributed by atoms with Gasteiger partial charge in [0.15, 0.2) is 0 Å². The van der Waals surface area contributed by atoms with E-state index < -0.39 is 30.5 Å². The number of halogens is 3. The zero-order valence-corrected chi connectivity index (χ0v) is 14.6. The maximum Gasteiger partial charge on any atom is 0.408 e. The molecule has 6 nitrogen and oxygen atoms in total. The number of hydrogen-bond acceptors (Lipinski definition) is 4. The van der Waals surface area contributed by atoms with Crippen LogP contribution in [0.25, 0.3) is 0 Å². The van der Waals surface area contributed by atoms with Crippen molar-refractivity contribution in [3.8, 4) is 0 Å². The van der Waals surface area contributed by atoms with Crippen molar-refractivity contribution in [1.29, 1.82) is 0 Å². The van der Waals surface area contributed by atoms with E-state index in [1.165, 1.54) is 16.7 Å². The number of ether oxygens (including phenoxy) is 1. The highest BCUT2D eigenvalue weighted by Gasteiger charge is 2.32. The number of rotatable bonds is 3. The first-order chi connectivity index (χ1) is 10.9. The van der Waals surface area contributed by atoms with Crippen LogP contribution < -0.4 is 5.32 Å². The Morgan fingerprint density at radius 1 is 1.12 bits per heavy atom. The quantitative estimate of drug-likeness (QED) is 0.843. The first-order valence-electron chi connectivity index (χ1n) is 7.95. The summed E-state index contributed by atoms with van der Waals surface area (Å²) in [5, 5.41) is 2.46. The summed E-state index contributed by atoms with van der Waals surface area (Å²) >= 11 is 0. The van der Waals surface area contributed by atoms with Crippen LogP contribution in [0.5, 0.6) is 0 Å². The van der Waals surface area contributed by atoms with Crippen LogP contribution in [0.1, 0.15) is 34.1 Å². The second kappa shape index (κ2) is 8.04. The Morgan fingerprint density at radius 3 is 2.29 bits per heavy atom. The van der Waals surface area contributed by atoms with Gasteiger partial charge in [-0.25, -0.2) is 4.79 Å². The zero-order chi connectivity index (χ0) is 18.5. The van der Waals surface area contributed by atoms with Crippen molar-refractivity contribution in [2.24, 2.45) is 0 Å². The number of alkyl halides is 3. The maximum atomic E-state index is 12.5. The Hall–Kier alpha value is -1.51. The molecule has 1 fully saturated rings. The Kier molecular flexibility index (Phi) is 6.88. The lowest BCUT2D eigenvalue weighted by atomic mass is 10.2. The summed E-state index contributed by atoms with van der Waals surface area (Å²) in [5.74, 6) is -0.324. The number of carbonyl (C=O) groups excluding carboxylic acids is 2. The van der Waals surface area contributed by atoms with Crippen molar-refractivity contribution in [3.63, 3.8) is 0 Å². The number of nitrogens with zero attached hydrogens (tertiary/aromatic N) is 2. The average Bonchev–Trinajstić information content (AvgIpc) is 2.59. The van der Waals surface area contributed by atoms with Gasteiger partial charge in [-0.2, -0.15) is 13.2 Å². The molecule has 0 aromatic rings. The first kappa shape index (κ1) is 20.5. The van der Waals surface area contributed by atoms with Gasteiger partial charge in [0, 0.05) is 26.2 Å². The standard InChI is InChI=1S/C15H26F3N3O3/c1-11(19-13(23)24-14(2,3)4)12(22)21-7-5-6-20(8-9-21)10-15(16,17)18/h11H,5-10H2,1-4H3,(H,19,23)/t11-/m1/s1. The van der Waals surface area contributed by atoms with E-state index >= 15 is 0 Å². The molecule has 140 valence electrons. The van der Waals surface area contributed by atoms with Crippen LogP contribution in [0.15, 0.2) is 0 Å². The Balaban J connectivity index is 2.51. The van der Waals surface area contributed by atoms with Crippen LogP contribution in [0.2, 0.25) is 0 Å². The van der Waals surface area contributed by atoms with E-state index in [4.69, 9.17) is 4.74 Å². The summed E-state index contributed by atoms with van der Waals surface area (Å²) in [5.41, 5.74) is -0.673. The van der Waals surface area contributed by atoms with Crippen LogP contribution in [0.4, 0.5) is 18.0 Å². The highest BCUT2D eigenvalue weighted by Crippen LogP contribution is 2.17. The van der Waals surface area contributed by atoms with Crippen LogP contribution >= 0.6 is 0 Å². The van der Waals surface area contributed by atoms with Crippen molar-refractivity contribution in [2.75, 3.05) is 32.7 Å². The molecule has 0 bridgehead atoms. The highest BCUT2D eigenvalue weighted by atomic mass is 19.4. The van der Waals surface area contributed by atoms with Crippen LogP contribution in [0.3, 0.4) is 0 Å². The van der Waals surface area contributed by atoms with Crippen molar-refractivity contribution in [1.82, 2.24) is 15.1 Å². The third-order valence-electron chi connectivity index (χ3n) is 3.41. The van der Waals surface area contributed by atoms with E-state index in [1.807, 2.05) is 0 Å². The molecule has 1 heterocycles. The monoisotopic (exact) mass is 353 g/mol. The molecule has 1 N–H and O–H groups in total. The lowest BCUT2D eigenvalue weighted by molar-refractivity contribution is -0.145. The molecule has 0 aromatic carbocycles. The first-order valence-corrected chi connectivity index (χ1v) is 7.95. The van der Waals surface area contributed by atoms with E-state index in [0.29, 0.717) is 13.0 Å². The third-order valence-corrected chi connectivity index (χ3v) is 3.41. The molecule has 9 heteroatoms. The van der Waals surface area contributed by atoms with Gasteiger partial charge >= 0.3 is 12.3 Å². The van der Waals surface area contributed by atoms with Gasteiger partial charge < -0.3 is 15.0 Å². The smallest absolute Gasteiger partial charge is 0.408 e. The molecule has 24 heavy (non-hydrogen) atoms. The van der Waals surface area contributed by atoms with E-state index in [0.717, 1.165) is 0 Å². The molecule has 0 saturated carbocycles. The molecule has 0 aromatic heterocycles. The minimum absolute atomic E-state index is 0.157. The van der Waals surface area contributed by atoms with E-state index in [-0.39, 0.29) is 25.5 Å². The summed E-state index contributed by atoms with van der Waals surface area (Å²) < 4.78 is 42.4. The molecule has 2 amide bonds. The van der Waals surface area contributed by atoms with Gasteiger partial charge in [0.2, 0.25) is 5.91 Å². The van der Waals surface area contributed by atoms with Crippen molar-refractivity contribution in [3.05, 3.63) is 0 Å². The van der Waals surface area contributed by atoms with Gasteiger partial charge in [0.05, 0.1) is 6.54 Å². The summed E-state index contributed by atoms with van der Waals surface area (Å²) in [4.78, 5) is 26.8. The van der Waals surface area contributed by atoms with Gasteiger partial charge in [-0.1, -0.05) is 0 Å². The van der Waals surface area contributed by atoms with Gasteiger partial charge in [-0.3, -0.25) is 9.69 Å². The molecule has 0 aliphatic carbocycles. The molecule has 1 saturated heterocycles. The molecule has 1 atom stereocenters. The predicted molar refractivity (Wildman–Crippen MR) is 82.5 cm³/mol.